The number of nitrogens with one attached hydrogen (secondary N) is 3. The van der Waals surface area contributed by atoms with E-state index in [4.69, 9.17) is 4.74 Å². The lowest BCUT2D eigenvalue weighted by Gasteiger charge is -2.16. The summed E-state index contributed by atoms with van der Waals surface area (Å²) >= 11 is 0. The van der Waals surface area contributed by atoms with E-state index >= 15 is 0 Å². The highest BCUT2D eigenvalue weighted by atomic mass is 16.5. The Bertz CT molecular complexity index is 1130. The summed E-state index contributed by atoms with van der Waals surface area (Å²) in [5.74, 6) is 1.79. The SMILES string of the molecule is CCC(NC(=O)Nc1cccc(Oc2ccccn2)c1)c1ncc(-c2ccccc2)[nH]1. The van der Waals surface area contributed by atoms with Gasteiger partial charge >= 0.3 is 6.03 Å². The molecule has 0 bridgehead atoms. The maximum absolute atomic E-state index is 12.6. The minimum absolute atomic E-state index is 0.245. The van der Waals surface area contributed by atoms with E-state index in [1.54, 1.807) is 36.7 Å². The zero-order chi connectivity index (χ0) is 21.5. The lowest BCUT2D eigenvalue weighted by atomic mass is 10.2. The average molecular weight is 413 g/mol. The molecule has 7 nitrogen and oxygen atoms in total. The van der Waals surface area contributed by atoms with Crippen molar-refractivity contribution >= 4 is 11.7 Å². The van der Waals surface area contributed by atoms with Crippen molar-refractivity contribution in [1.82, 2.24) is 20.3 Å². The summed E-state index contributed by atoms with van der Waals surface area (Å²) in [5, 5.41) is 5.82. The van der Waals surface area contributed by atoms with Gasteiger partial charge in [0, 0.05) is 24.0 Å². The Hall–Kier alpha value is -4.13. The molecule has 2 aromatic heterocycles. The van der Waals surface area contributed by atoms with E-state index in [-0.39, 0.29) is 12.1 Å². The van der Waals surface area contributed by atoms with Crippen molar-refractivity contribution in [3.63, 3.8) is 0 Å². The molecule has 31 heavy (non-hydrogen) atoms. The molecule has 0 aliphatic carbocycles. The third kappa shape index (κ3) is 5.27. The zero-order valence-corrected chi connectivity index (χ0v) is 17.1. The Morgan fingerprint density at radius 1 is 1.03 bits per heavy atom. The smallest absolute Gasteiger partial charge is 0.319 e. The van der Waals surface area contributed by atoms with Crippen LogP contribution in [0, 0.1) is 0 Å². The maximum Gasteiger partial charge on any atom is 0.319 e. The predicted molar refractivity (Wildman–Crippen MR) is 120 cm³/mol. The van der Waals surface area contributed by atoms with E-state index in [1.165, 1.54) is 0 Å². The molecule has 4 aromatic rings. The molecule has 0 aliphatic heterocycles. The fourth-order valence-electron chi connectivity index (χ4n) is 3.13. The number of aromatic amines is 1. The topological polar surface area (TPSA) is 91.9 Å². The molecule has 0 fully saturated rings. The molecule has 2 aromatic carbocycles. The maximum atomic E-state index is 12.6. The van der Waals surface area contributed by atoms with Gasteiger partial charge < -0.3 is 20.4 Å². The molecule has 2 heterocycles. The van der Waals surface area contributed by atoms with Gasteiger partial charge in [0.05, 0.1) is 17.9 Å². The van der Waals surface area contributed by atoms with Crippen LogP contribution in [-0.2, 0) is 0 Å². The van der Waals surface area contributed by atoms with Crippen LogP contribution < -0.4 is 15.4 Å². The van der Waals surface area contributed by atoms with Crippen LogP contribution in [0.5, 0.6) is 11.6 Å². The second-order valence-electron chi connectivity index (χ2n) is 6.91. The number of imidazole rings is 1. The number of ether oxygens (including phenoxy) is 1. The fourth-order valence-corrected chi connectivity index (χ4v) is 3.13. The number of rotatable bonds is 7. The van der Waals surface area contributed by atoms with Crippen LogP contribution in [0.2, 0.25) is 0 Å². The zero-order valence-electron chi connectivity index (χ0n) is 17.1. The largest absolute Gasteiger partial charge is 0.439 e. The van der Waals surface area contributed by atoms with E-state index in [9.17, 15) is 4.79 Å². The summed E-state index contributed by atoms with van der Waals surface area (Å²) in [6.45, 7) is 2.00. The monoisotopic (exact) mass is 413 g/mol. The number of hydrogen-bond donors (Lipinski definition) is 3. The van der Waals surface area contributed by atoms with Gasteiger partial charge in [0.25, 0.3) is 0 Å². The molecule has 3 N–H and O–H groups in total. The lowest BCUT2D eigenvalue weighted by molar-refractivity contribution is 0.247. The molecule has 156 valence electrons. The van der Waals surface area contributed by atoms with E-state index in [2.05, 4.69) is 25.6 Å². The standard InChI is InChI=1S/C24H23N5O2/c1-2-20(23-26-16-21(28-23)17-9-4-3-5-10-17)29-24(30)27-18-11-8-12-19(15-18)31-22-13-6-7-14-25-22/h3-16,20H,2H2,1H3,(H,26,28)(H2,27,29,30). The Labute approximate surface area is 180 Å². The number of aromatic nitrogens is 3. The number of benzene rings is 2. The molecule has 1 unspecified atom stereocenters. The second kappa shape index (κ2) is 9.58. The van der Waals surface area contributed by atoms with Crippen LogP contribution in [0.1, 0.15) is 25.2 Å². The van der Waals surface area contributed by atoms with E-state index in [1.807, 2.05) is 55.5 Å². The number of H-pyrrole nitrogens is 1. The van der Waals surface area contributed by atoms with Gasteiger partial charge in [0.2, 0.25) is 5.88 Å². The quantitative estimate of drug-likeness (QED) is 0.371. The van der Waals surface area contributed by atoms with Crippen LogP contribution in [0.3, 0.4) is 0 Å². The van der Waals surface area contributed by atoms with Crippen LogP contribution in [-0.4, -0.2) is 21.0 Å². The van der Waals surface area contributed by atoms with Gasteiger partial charge in [-0.25, -0.2) is 14.8 Å². The number of hydrogen-bond acceptors (Lipinski definition) is 4. The molecular formula is C24H23N5O2. The van der Waals surface area contributed by atoms with Gasteiger partial charge in [0.15, 0.2) is 0 Å². The van der Waals surface area contributed by atoms with Crippen LogP contribution >= 0.6 is 0 Å². The van der Waals surface area contributed by atoms with Crippen molar-refractivity contribution in [1.29, 1.82) is 0 Å². The highest BCUT2D eigenvalue weighted by Gasteiger charge is 2.16. The van der Waals surface area contributed by atoms with E-state index in [0.29, 0.717) is 29.6 Å². The lowest BCUT2D eigenvalue weighted by Crippen LogP contribution is -2.32. The first kappa shape index (κ1) is 20.2. The molecule has 0 aliphatic rings. The Morgan fingerprint density at radius 3 is 2.65 bits per heavy atom. The van der Waals surface area contributed by atoms with Gasteiger partial charge in [-0.2, -0.15) is 0 Å². The first-order chi connectivity index (χ1) is 15.2. The number of nitrogens with zero attached hydrogens (tertiary/aromatic N) is 2. The normalized spacial score (nSPS) is 11.5. The molecule has 1 atom stereocenters. The van der Waals surface area contributed by atoms with Gasteiger partial charge in [0.1, 0.15) is 11.6 Å². The van der Waals surface area contributed by atoms with Gasteiger partial charge in [-0.15, -0.1) is 0 Å². The molecule has 7 heteroatoms. The van der Waals surface area contributed by atoms with Gasteiger partial charge in [-0.1, -0.05) is 49.4 Å². The minimum Gasteiger partial charge on any atom is -0.439 e. The number of anilines is 1. The minimum atomic E-state index is -0.320. The van der Waals surface area contributed by atoms with Crippen molar-refractivity contribution in [2.45, 2.75) is 19.4 Å². The number of urea groups is 1. The first-order valence-corrected chi connectivity index (χ1v) is 10.1. The van der Waals surface area contributed by atoms with Crippen molar-refractivity contribution in [3.8, 4) is 22.9 Å². The summed E-state index contributed by atoms with van der Waals surface area (Å²) in [6.07, 6.45) is 4.14. The summed E-state index contributed by atoms with van der Waals surface area (Å²) in [4.78, 5) is 24.5. The van der Waals surface area contributed by atoms with E-state index < -0.39 is 0 Å². The summed E-state index contributed by atoms with van der Waals surface area (Å²) in [5.41, 5.74) is 2.58. The van der Waals surface area contributed by atoms with Crippen LogP contribution in [0.4, 0.5) is 10.5 Å². The Balaban J connectivity index is 1.40. The van der Waals surface area contributed by atoms with E-state index in [0.717, 1.165) is 11.3 Å². The number of pyridine rings is 1. The average Bonchev–Trinajstić information content (AvgIpc) is 3.29. The van der Waals surface area contributed by atoms with Crippen molar-refractivity contribution in [2.75, 3.05) is 5.32 Å². The van der Waals surface area contributed by atoms with Gasteiger partial charge in [-0.05, 0) is 30.2 Å². The summed E-state index contributed by atoms with van der Waals surface area (Å²) < 4.78 is 5.72. The fraction of sp³-hybridized carbons (Fsp3) is 0.125. The predicted octanol–water partition coefficient (Wildman–Crippen LogP) is 5.54. The van der Waals surface area contributed by atoms with Crippen LogP contribution in [0.25, 0.3) is 11.3 Å². The molecular weight excluding hydrogens is 390 g/mol. The molecule has 2 amide bonds. The number of amides is 2. The Morgan fingerprint density at radius 2 is 1.87 bits per heavy atom. The molecule has 0 saturated carbocycles. The van der Waals surface area contributed by atoms with Gasteiger partial charge in [-0.3, -0.25) is 0 Å². The first-order valence-electron chi connectivity index (χ1n) is 10.1. The number of carbonyl (C=O) groups excluding carboxylic acids is 1. The molecule has 0 saturated heterocycles. The van der Waals surface area contributed by atoms with Crippen molar-refractivity contribution in [3.05, 3.63) is 91.0 Å². The second-order valence-corrected chi connectivity index (χ2v) is 6.91. The Kier molecular flexibility index (Phi) is 6.23. The molecule has 4 rings (SSSR count). The highest BCUT2D eigenvalue weighted by Crippen LogP contribution is 2.23. The third-order valence-corrected chi connectivity index (χ3v) is 4.68. The number of carbonyl (C=O) groups is 1. The molecule has 0 spiro atoms. The summed E-state index contributed by atoms with van der Waals surface area (Å²) in [6, 6.07) is 22.0. The van der Waals surface area contributed by atoms with Crippen molar-refractivity contribution in [2.24, 2.45) is 0 Å². The summed E-state index contributed by atoms with van der Waals surface area (Å²) in [7, 11) is 0. The van der Waals surface area contributed by atoms with Crippen LogP contribution in [0.15, 0.2) is 85.2 Å². The molecule has 0 radical (unpaired) electrons. The highest BCUT2D eigenvalue weighted by molar-refractivity contribution is 5.89. The third-order valence-electron chi connectivity index (χ3n) is 4.68. The van der Waals surface area contributed by atoms with Crippen molar-refractivity contribution < 1.29 is 9.53 Å².